The van der Waals surface area contributed by atoms with E-state index in [1.165, 1.54) is 0 Å². The summed E-state index contributed by atoms with van der Waals surface area (Å²) in [5, 5.41) is 0. The summed E-state index contributed by atoms with van der Waals surface area (Å²) in [5.74, 6) is 0.816. The molecule has 1 aliphatic rings. The number of carbonyl (C=O) groups is 1. The molecule has 0 aliphatic carbocycles. The molecule has 0 aromatic carbocycles. The zero-order chi connectivity index (χ0) is 10.0. The minimum Gasteiger partial charge on any atom is -0.342 e. The van der Waals surface area contributed by atoms with Gasteiger partial charge in [-0.2, -0.15) is 0 Å². The van der Waals surface area contributed by atoms with Crippen LogP contribution in [0.3, 0.4) is 0 Å². The number of carbonyl (C=O) groups excluding carboxylic acids is 1. The Morgan fingerprint density at radius 1 is 1.54 bits per heavy atom. The molecule has 2 atom stereocenters. The van der Waals surface area contributed by atoms with Crippen LogP contribution in [0.5, 0.6) is 0 Å². The van der Waals surface area contributed by atoms with E-state index in [4.69, 9.17) is 5.73 Å². The van der Waals surface area contributed by atoms with Gasteiger partial charge in [-0.1, -0.05) is 20.8 Å². The van der Waals surface area contributed by atoms with E-state index in [0.717, 1.165) is 19.5 Å². The Bertz CT molecular complexity index is 191. The Kier molecular flexibility index (Phi) is 3.31. The van der Waals surface area contributed by atoms with Crippen LogP contribution in [0.4, 0.5) is 0 Å². The van der Waals surface area contributed by atoms with Crippen LogP contribution in [0.15, 0.2) is 0 Å². The third kappa shape index (κ3) is 2.44. The summed E-state index contributed by atoms with van der Waals surface area (Å²) in [6, 6.07) is 0.274. The number of likely N-dealkylation sites (tertiary alicyclic amines) is 1. The maximum Gasteiger partial charge on any atom is 0.225 e. The minimum absolute atomic E-state index is 0.113. The lowest BCUT2D eigenvalue weighted by atomic mass is 9.94. The lowest BCUT2D eigenvalue weighted by Crippen LogP contribution is -2.49. The van der Waals surface area contributed by atoms with Crippen molar-refractivity contribution >= 4 is 5.91 Å². The Hall–Kier alpha value is -0.570. The first kappa shape index (κ1) is 10.5. The van der Waals surface area contributed by atoms with Gasteiger partial charge in [0.2, 0.25) is 5.91 Å². The molecule has 13 heavy (non-hydrogen) atoms. The Morgan fingerprint density at radius 3 is 2.62 bits per heavy atom. The fourth-order valence-electron chi connectivity index (χ4n) is 1.73. The normalized spacial score (nSPS) is 29.5. The van der Waals surface area contributed by atoms with Crippen molar-refractivity contribution < 1.29 is 4.79 Å². The zero-order valence-corrected chi connectivity index (χ0v) is 8.79. The van der Waals surface area contributed by atoms with Gasteiger partial charge in [-0.25, -0.2) is 0 Å². The van der Waals surface area contributed by atoms with Crippen LogP contribution in [0.25, 0.3) is 0 Å². The van der Waals surface area contributed by atoms with Crippen molar-refractivity contribution in [2.45, 2.75) is 33.2 Å². The Balaban J connectivity index is 2.50. The van der Waals surface area contributed by atoms with Gasteiger partial charge < -0.3 is 10.6 Å². The summed E-state index contributed by atoms with van der Waals surface area (Å²) >= 11 is 0. The number of nitrogens with zero attached hydrogens (tertiary/aromatic N) is 1. The second-order valence-corrected chi connectivity index (χ2v) is 4.37. The Morgan fingerprint density at radius 2 is 2.15 bits per heavy atom. The molecule has 1 saturated heterocycles. The molecule has 0 aromatic heterocycles. The fourth-order valence-corrected chi connectivity index (χ4v) is 1.73. The van der Waals surface area contributed by atoms with Crippen molar-refractivity contribution in [1.29, 1.82) is 0 Å². The first-order valence-electron chi connectivity index (χ1n) is 5.06. The quantitative estimate of drug-likeness (QED) is 0.656. The van der Waals surface area contributed by atoms with Crippen molar-refractivity contribution in [2.24, 2.45) is 17.6 Å². The summed E-state index contributed by atoms with van der Waals surface area (Å²) < 4.78 is 0. The number of hydrogen-bond donors (Lipinski definition) is 1. The molecule has 0 saturated carbocycles. The molecule has 2 N–H and O–H groups in total. The molecule has 1 heterocycles. The monoisotopic (exact) mass is 184 g/mol. The van der Waals surface area contributed by atoms with E-state index >= 15 is 0 Å². The highest BCUT2D eigenvalue weighted by Gasteiger charge is 2.27. The van der Waals surface area contributed by atoms with E-state index in [0.29, 0.717) is 5.92 Å². The Labute approximate surface area is 80.3 Å². The maximum absolute atomic E-state index is 11.6. The predicted octanol–water partition coefficient (Wildman–Crippen LogP) is 0.838. The van der Waals surface area contributed by atoms with Crippen LogP contribution >= 0.6 is 0 Å². The average Bonchev–Trinajstić information content (AvgIpc) is 2.08. The first-order valence-corrected chi connectivity index (χ1v) is 5.06. The fraction of sp³-hybridized carbons (Fsp3) is 0.900. The summed E-state index contributed by atoms with van der Waals surface area (Å²) in [6.07, 6.45) is 0.944. The van der Waals surface area contributed by atoms with E-state index in [9.17, 15) is 4.79 Å². The number of piperidine rings is 1. The zero-order valence-electron chi connectivity index (χ0n) is 8.79. The largest absolute Gasteiger partial charge is 0.342 e. The van der Waals surface area contributed by atoms with Crippen LogP contribution in [0, 0.1) is 11.8 Å². The van der Waals surface area contributed by atoms with Gasteiger partial charge in [0.1, 0.15) is 0 Å². The van der Waals surface area contributed by atoms with Crippen molar-refractivity contribution in [2.75, 3.05) is 13.1 Å². The van der Waals surface area contributed by atoms with Crippen molar-refractivity contribution in [3.8, 4) is 0 Å². The smallest absolute Gasteiger partial charge is 0.225 e. The van der Waals surface area contributed by atoms with Crippen LogP contribution in [0.2, 0.25) is 0 Å². The van der Waals surface area contributed by atoms with Crippen molar-refractivity contribution in [1.82, 2.24) is 4.90 Å². The van der Waals surface area contributed by atoms with E-state index in [1.807, 2.05) is 18.7 Å². The molecule has 0 unspecified atom stereocenters. The van der Waals surface area contributed by atoms with Gasteiger partial charge in [0.05, 0.1) is 0 Å². The molecular weight excluding hydrogens is 164 g/mol. The molecule has 3 heteroatoms. The van der Waals surface area contributed by atoms with Gasteiger partial charge in [-0.3, -0.25) is 4.79 Å². The van der Waals surface area contributed by atoms with E-state index < -0.39 is 0 Å². The number of amides is 1. The second kappa shape index (κ2) is 4.09. The highest BCUT2D eigenvalue weighted by Crippen LogP contribution is 2.16. The molecule has 0 spiro atoms. The van der Waals surface area contributed by atoms with Crippen LogP contribution < -0.4 is 5.73 Å². The lowest BCUT2D eigenvalue weighted by Gasteiger charge is -2.36. The molecule has 0 bridgehead atoms. The molecule has 1 amide bonds. The van der Waals surface area contributed by atoms with Crippen LogP contribution in [-0.2, 0) is 4.79 Å². The van der Waals surface area contributed by atoms with Gasteiger partial charge in [-0.15, -0.1) is 0 Å². The van der Waals surface area contributed by atoms with E-state index in [2.05, 4.69) is 6.92 Å². The summed E-state index contributed by atoms with van der Waals surface area (Å²) in [6.45, 7) is 7.67. The number of nitrogens with two attached hydrogens (primary N) is 1. The summed E-state index contributed by atoms with van der Waals surface area (Å²) in [7, 11) is 0. The van der Waals surface area contributed by atoms with Crippen LogP contribution in [0.1, 0.15) is 27.2 Å². The maximum atomic E-state index is 11.6. The molecular formula is C10H20N2O. The highest BCUT2D eigenvalue weighted by atomic mass is 16.2. The minimum atomic E-state index is 0.113. The van der Waals surface area contributed by atoms with Crippen LogP contribution in [-0.4, -0.2) is 29.9 Å². The van der Waals surface area contributed by atoms with Gasteiger partial charge >= 0.3 is 0 Å². The summed E-state index contributed by atoms with van der Waals surface area (Å²) in [4.78, 5) is 13.6. The average molecular weight is 184 g/mol. The van der Waals surface area contributed by atoms with Gasteiger partial charge in [0.25, 0.3) is 0 Å². The SMILES string of the molecule is CC(C)C(=O)N1CC[C@H](N)[C@H](C)C1. The molecule has 1 aliphatic heterocycles. The third-order valence-electron chi connectivity index (χ3n) is 2.78. The van der Waals surface area contributed by atoms with Gasteiger partial charge in [0, 0.05) is 25.0 Å². The lowest BCUT2D eigenvalue weighted by molar-refractivity contribution is -0.136. The van der Waals surface area contributed by atoms with E-state index in [-0.39, 0.29) is 17.9 Å². The standard InChI is InChI=1S/C10H20N2O/c1-7(2)10(13)12-5-4-9(11)8(3)6-12/h7-9H,4-6,11H2,1-3H3/t8-,9+/m1/s1. The number of hydrogen-bond acceptors (Lipinski definition) is 2. The second-order valence-electron chi connectivity index (χ2n) is 4.37. The van der Waals surface area contributed by atoms with Crippen molar-refractivity contribution in [3.05, 3.63) is 0 Å². The van der Waals surface area contributed by atoms with E-state index in [1.54, 1.807) is 0 Å². The highest BCUT2D eigenvalue weighted by molar-refractivity contribution is 5.78. The molecule has 1 rings (SSSR count). The number of rotatable bonds is 1. The molecule has 0 aromatic rings. The molecule has 3 nitrogen and oxygen atoms in total. The summed E-state index contributed by atoms with van der Waals surface area (Å²) in [5.41, 5.74) is 5.88. The first-order chi connectivity index (χ1) is 6.02. The third-order valence-corrected chi connectivity index (χ3v) is 2.78. The molecule has 0 radical (unpaired) electrons. The molecule has 1 fully saturated rings. The molecule has 76 valence electrons. The van der Waals surface area contributed by atoms with Crippen molar-refractivity contribution in [3.63, 3.8) is 0 Å². The predicted molar refractivity (Wildman–Crippen MR) is 53.2 cm³/mol. The topological polar surface area (TPSA) is 46.3 Å². The van der Waals surface area contributed by atoms with Gasteiger partial charge in [-0.05, 0) is 12.3 Å². The van der Waals surface area contributed by atoms with Gasteiger partial charge in [0.15, 0.2) is 0 Å².